The molecule has 1 N–H and O–H groups in total. The molecule has 23 heavy (non-hydrogen) atoms. The maximum atomic E-state index is 14.4. The molecule has 0 aliphatic heterocycles. The van der Waals surface area contributed by atoms with Crippen LogP contribution in [0.3, 0.4) is 0 Å². The van der Waals surface area contributed by atoms with Crippen LogP contribution in [0.25, 0.3) is 0 Å². The van der Waals surface area contributed by atoms with Gasteiger partial charge < -0.3 is 5.11 Å². The first-order valence-electron chi connectivity index (χ1n) is 8.20. The predicted octanol–water partition coefficient (Wildman–Crippen LogP) is 5.58. The summed E-state index contributed by atoms with van der Waals surface area (Å²) in [7, 11) is -2.24. The monoisotopic (exact) mass is 338 g/mol. The Labute approximate surface area is 140 Å². The van der Waals surface area contributed by atoms with Gasteiger partial charge in [0.25, 0.3) is 0 Å². The Kier molecular flexibility index (Phi) is 6.56. The highest BCUT2D eigenvalue weighted by molar-refractivity contribution is 6.90. The molecule has 0 amide bonds. The van der Waals surface area contributed by atoms with Crippen molar-refractivity contribution in [3.8, 4) is 11.5 Å². The highest BCUT2D eigenvalue weighted by Crippen LogP contribution is 2.41. The highest BCUT2D eigenvalue weighted by Gasteiger charge is 2.44. The topological polar surface area (TPSA) is 20.2 Å². The van der Waals surface area contributed by atoms with E-state index in [2.05, 4.69) is 53.0 Å². The van der Waals surface area contributed by atoms with Crippen molar-refractivity contribution in [1.29, 1.82) is 0 Å². The molecule has 4 heteroatoms. The fourth-order valence-corrected chi connectivity index (χ4v) is 8.79. The van der Waals surface area contributed by atoms with Gasteiger partial charge in [0.05, 0.1) is 0 Å². The second-order valence-electron chi connectivity index (χ2n) is 7.08. The molecule has 0 saturated carbocycles. The third kappa shape index (κ3) is 4.22. The smallest absolute Gasteiger partial charge is 0.336 e. The van der Waals surface area contributed by atoms with Crippen LogP contribution < -0.4 is 0 Å². The molecule has 0 fully saturated rings. The van der Waals surface area contributed by atoms with Crippen LogP contribution in [-0.4, -0.2) is 19.1 Å². The minimum atomic E-state index is -3.45. The van der Waals surface area contributed by atoms with Gasteiger partial charge in [-0.2, -0.15) is 8.78 Å². The second-order valence-corrected chi connectivity index (χ2v) is 12.7. The van der Waals surface area contributed by atoms with Gasteiger partial charge in [-0.3, -0.25) is 0 Å². The summed E-state index contributed by atoms with van der Waals surface area (Å²) in [4.78, 5) is 0. The van der Waals surface area contributed by atoms with Crippen LogP contribution in [0.1, 0.15) is 53.2 Å². The van der Waals surface area contributed by atoms with Gasteiger partial charge in [-0.25, -0.2) is 0 Å². The molecule has 1 unspecified atom stereocenters. The Balaban J connectivity index is 3.24. The van der Waals surface area contributed by atoms with Crippen molar-refractivity contribution in [1.82, 2.24) is 0 Å². The number of rotatable bonds is 5. The van der Waals surface area contributed by atoms with Crippen LogP contribution in [0.4, 0.5) is 8.78 Å². The van der Waals surface area contributed by atoms with Crippen molar-refractivity contribution >= 4 is 8.07 Å². The zero-order chi connectivity index (χ0) is 17.8. The summed E-state index contributed by atoms with van der Waals surface area (Å²) in [5.41, 5.74) is 4.03. The molecule has 0 heterocycles. The average molecular weight is 339 g/mol. The van der Waals surface area contributed by atoms with Gasteiger partial charge in [0.1, 0.15) is 8.07 Å². The molecule has 1 nitrogen and oxygen atoms in total. The van der Waals surface area contributed by atoms with Gasteiger partial charge in [0.15, 0.2) is 6.10 Å². The maximum Gasteiger partial charge on any atom is 0.336 e. The molecule has 0 aliphatic rings. The van der Waals surface area contributed by atoms with Crippen molar-refractivity contribution < 1.29 is 13.9 Å². The quantitative estimate of drug-likeness (QED) is 0.549. The Morgan fingerprint density at radius 3 is 1.74 bits per heavy atom. The molecule has 1 aromatic carbocycles. The first-order chi connectivity index (χ1) is 10.6. The zero-order valence-electron chi connectivity index (χ0n) is 14.9. The molecule has 0 bridgehead atoms. The van der Waals surface area contributed by atoms with E-state index in [1.54, 1.807) is 18.2 Å². The molecule has 128 valence electrons. The van der Waals surface area contributed by atoms with Crippen LogP contribution in [0.5, 0.6) is 0 Å². The molecule has 1 aromatic rings. The van der Waals surface area contributed by atoms with Crippen molar-refractivity contribution in [3.05, 3.63) is 35.9 Å². The van der Waals surface area contributed by atoms with E-state index < -0.39 is 20.1 Å². The number of aliphatic hydroxyl groups excluding tert-OH is 1. The SMILES string of the molecule is CC(C)[Si](C#CC(F)(F)C(O)c1ccccc1)(C(C)C)C(C)C. The zero-order valence-corrected chi connectivity index (χ0v) is 15.9. The van der Waals surface area contributed by atoms with E-state index in [-0.39, 0.29) is 22.2 Å². The van der Waals surface area contributed by atoms with Crippen LogP contribution in [0.2, 0.25) is 16.6 Å². The van der Waals surface area contributed by atoms with Crippen LogP contribution in [-0.2, 0) is 0 Å². The fourth-order valence-electron chi connectivity index (χ4n) is 3.54. The lowest BCUT2D eigenvalue weighted by Gasteiger charge is -2.38. The summed E-state index contributed by atoms with van der Waals surface area (Å²) in [5, 5.41) is 10.0. The number of aliphatic hydroxyl groups is 1. The molecule has 1 rings (SSSR count). The third-order valence-electron chi connectivity index (χ3n) is 4.77. The number of hydrogen-bond acceptors (Lipinski definition) is 1. The van der Waals surface area contributed by atoms with E-state index in [4.69, 9.17) is 0 Å². The van der Waals surface area contributed by atoms with Crippen molar-refractivity contribution in [3.63, 3.8) is 0 Å². The van der Waals surface area contributed by atoms with Gasteiger partial charge in [0.2, 0.25) is 0 Å². The van der Waals surface area contributed by atoms with E-state index in [1.807, 2.05) is 0 Å². The third-order valence-corrected chi connectivity index (χ3v) is 11.1. The number of benzene rings is 1. The first-order valence-corrected chi connectivity index (χ1v) is 10.4. The van der Waals surface area contributed by atoms with E-state index in [9.17, 15) is 13.9 Å². The van der Waals surface area contributed by atoms with Crippen LogP contribution >= 0.6 is 0 Å². The average Bonchev–Trinajstić information content (AvgIpc) is 2.46. The molecular weight excluding hydrogens is 310 g/mol. The number of hydrogen-bond donors (Lipinski definition) is 1. The van der Waals surface area contributed by atoms with E-state index in [0.29, 0.717) is 0 Å². The molecule has 1 atom stereocenters. The summed E-state index contributed by atoms with van der Waals surface area (Å²) in [6.45, 7) is 12.5. The van der Waals surface area contributed by atoms with Gasteiger partial charge >= 0.3 is 5.92 Å². The molecular formula is C19H28F2OSi. The Morgan fingerprint density at radius 2 is 1.35 bits per heavy atom. The standard InChI is InChI=1S/C19H28F2OSi/c1-14(2)23(15(3)4,16(5)6)13-12-19(20,21)18(22)17-10-8-7-9-11-17/h7-11,14-16,18,22H,1-6H3. The summed E-state index contributed by atoms with van der Waals surface area (Å²) < 4.78 is 28.8. The van der Waals surface area contributed by atoms with Crippen LogP contribution in [0.15, 0.2) is 30.3 Å². The van der Waals surface area contributed by atoms with E-state index in [1.165, 1.54) is 12.1 Å². The van der Waals surface area contributed by atoms with Gasteiger partial charge in [-0.15, -0.1) is 5.54 Å². The molecule has 0 spiro atoms. The Hall–Kier alpha value is -1.18. The largest absolute Gasteiger partial charge is 0.381 e. The lowest BCUT2D eigenvalue weighted by molar-refractivity contribution is -0.0635. The van der Waals surface area contributed by atoms with Crippen LogP contribution in [0, 0.1) is 11.5 Å². The first kappa shape index (κ1) is 19.9. The molecule has 0 aromatic heterocycles. The summed E-state index contributed by atoms with van der Waals surface area (Å²) in [5.74, 6) is -1.28. The summed E-state index contributed by atoms with van der Waals surface area (Å²) in [6.07, 6.45) is -1.89. The molecule has 0 radical (unpaired) electrons. The summed E-state index contributed by atoms with van der Waals surface area (Å²) in [6, 6.07) is 8.00. The highest BCUT2D eigenvalue weighted by atomic mass is 28.3. The second kappa shape index (κ2) is 7.59. The van der Waals surface area contributed by atoms with Crippen molar-refractivity contribution in [2.45, 2.75) is 70.2 Å². The Morgan fingerprint density at radius 1 is 0.913 bits per heavy atom. The Bertz CT molecular complexity index is 534. The lowest BCUT2D eigenvalue weighted by atomic mass is 10.0. The van der Waals surface area contributed by atoms with Gasteiger partial charge in [0, 0.05) is 0 Å². The summed E-state index contributed by atoms with van der Waals surface area (Å²) >= 11 is 0. The lowest BCUT2D eigenvalue weighted by Crippen LogP contribution is -2.44. The minimum Gasteiger partial charge on any atom is -0.381 e. The predicted molar refractivity (Wildman–Crippen MR) is 95.2 cm³/mol. The number of halogens is 2. The van der Waals surface area contributed by atoms with Gasteiger partial charge in [-0.05, 0) is 28.1 Å². The molecule has 0 saturated heterocycles. The minimum absolute atomic E-state index is 0.192. The normalized spacial score (nSPS) is 14.1. The fraction of sp³-hybridized carbons (Fsp3) is 0.579. The van der Waals surface area contributed by atoms with Crippen molar-refractivity contribution in [2.24, 2.45) is 0 Å². The maximum absolute atomic E-state index is 14.4. The number of alkyl halides is 2. The van der Waals surface area contributed by atoms with E-state index >= 15 is 0 Å². The van der Waals surface area contributed by atoms with Crippen molar-refractivity contribution in [2.75, 3.05) is 0 Å². The van der Waals surface area contributed by atoms with E-state index in [0.717, 1.165) is 0 Å². The van der Waals surface area contributed by atoms with Gasteiger partial charge in [-0.1, -0.05) is 71.9 Å². The molecule has 0 aliphatic carbocycles.